The Morgan fingerprint density at radius 1 is 1.18 bits per heavy atom. The SMILES string of the molecule is COc1ccc(-n2ncc3c(N/N=C/C4CCN(C(=O)OC(C)(C)C)CC4)ncnc32)cc1. The number of benzene rings is 1. The molecule has 0 radical (unpaired) electrons. The Balaban J connectivity index is 1.38. The molecule has 174 valence electrons. The zero-order valence-electron chi connectivity index (χ0n) is 19.4. The van der Waals surface area contributed by atoms with Gasteiger partial charge in [0, 0.05) is 19.3 Å². The summed E-state index contributed by atoms with van der Waals surface area (Å²) >= 11 is 0. The number of nitrogens with zero attached hydrogens (tertiary/aromatic N) is 6. The van der Waals surface area contributed by atoms with Crippen LogP contribution in [0.5, 0.6) is 5.75 Å². The van der Waals surface area contributed by atoms with E-state index in [1.807, 2.05) is 51.3 Å². The first kappa shape index (κ1) is 22.5. The highest BCUT2D eigenvalue weighted by molar-refractivity contribution is 5.87. The minimum Gasteiger partial charge on any atom is -0.497 e. The second-order valence-electron chi connectivity index (χ2n) is 8.91. The molecule has 0 atom stereocenters. The molecule has 1 aliphatic rings. The number of fused-ring (bicyclic) bond motifs is 1. The summed E-state index contributed by atoms with van der Waals surface area (Å²) in [7, 11) is 1.63. The Kier molecular flexibility index (Phi) is 6.43. The molecule has 3 aromatic rings. The van der Waals surface area contributed by atoms with Gasteiger partial charge < -0.3 is 14.4 Å². The number of nitrogens with one attached hydrogen (secondary N) is 1. The summed E-state index contributed by atoms with van der Waals surface area (Å²) in [5.41, 5.74) is 4.09. The summed E-state index contributed by atoms with van der Waals surface area (Å²) in [4.78, 5) is 22.7. The highest BCUT2D eigenvalue weighted by Crippen LogP contribution is 2.23. The Morgan fingerprint density at radius 3 is 2.58 bits per heavy atom. The number of anilines is 1. The third-order valence-corrected chi connectivity index (χ3v) is 5.33. The maximum atomic E-state index is 12.2. The van der Waals surface area contributed by atoms with Gasteiger partial charge in [-0.2, -0.15) is 10.2 Å². The average Bonchev–Trinajstić information content (AvgIpc) is 3.23. The van der Waals surface area contributed by atoms with Gasteiger partial charge in [0.2, 0.25) is 0 Å². The van der Waals surface area contributed by atoms with E-state index in [2.05, 4.69) is 25.6 Å². The van der Waals surface area contributed by atoms with Crippen LogP contribution >= 0.6 is 0 Å². The second-order valence-corrected chi connectivity index (χ2v) is 8.91. The molecule has 33 heavy (non-hydrogen) atoms. The Bertz CT molecular complexity index is 1130. The van der Waals surface area contributed by atoms with Crippen molar-refractivity contribution in [2.24, 2.45) is 11.0 Å². The number of carbonyl (C=O) groups is 1. The van der Waals surface area contributed by atoms with Gasteiger partial charge in [-0.05, 0) is 63.8 Å². The van der Waals surface area contributed by atoms with Gasteiger partial charge >= 0.3 is 6.09 Å². The van der Waals surface area contributed by atoms with Crippen LogP contribution in [0, 0.1) is 5.92 Å². The fourth-order valence-corrected chi connectivity index (χ4v) is 3.61. The van der Waals surface area contributed by atoms with Crippen molar-refractivity contribution >= 4 is 29.2 Å². The lowest BCUT2D eigenvalue weighted by Crippen LogP contribution is -2.42. The van der Waals surface area contributed by atoms with Crippen LogP contribution in [-0.2, 0) is 4.74 Å². The van der Waals surface area contributed by atoms with Crippen molar-refractivity contribution < 1.29 is 14.3 Å². The molecule has 3 heterocycles. The average molecular weight is 452 g/mol. The van der Waals surface area contributed by atoms with E-state index in [4.69, 9.17) is 9.47 Å². The molecule has 1 amide bonds. The molecule has 1 fully saturated rings. The van der Waals surface area contributed by atoms with Crippen molar-refractivity contribution in [2.75, 3.05) is 25.6 Å². The number of methoxy groups -OCH3 is 1. The fourth-order valence-electron chi connectivity index (χ4n) is 3.61. The summed E-state index contributed by atoms with van der Waals surface area (Å²) in [6, 6.07) is 7.59. The van der Waals surface area contributed by atoms with Gasteiger partial charge in [0.15, 0.2) is 11.5 Å². The number of likely N-dealkylation sites (tertiary alicyclic amines) is 1. The van der Waals surface area contributed by atoms with Crippen LogP contribution in [0.4, 0.5) is 10.6 Å². The predicted octanol–water partition coefficient (Wildman–Crippen LogP) is 3.87. The summed E-state index contributed by atoms with van der Waals surface area (Å²) < 4.78 is 12.4. The Hall–Kier alpha value is -3.69. The van der Waals surface area contributed by atoms with Crippen LogP contribution in [0.3, 0.4) is 0 Å². The van der Waals surface area contributed by atoms with Gasteiger partial charge in [-0.1, -0.05) is 0 Å². The number of ether oxygens (including phenoxy) is 2. The Morgan fingerprint density at radius 2 is 1.91 bits per heavy atom. The Labute approximate surface area is 192 Å². The molecule has 1 N–H and O–H groups in total. The van der Waals surface area contributed by atoms with Gasteiger partial charge in [-0.3, -0.25) is 5.43 Å². The molecule has 0 saturated carbocycles. The lowest BCUT2D eigenvalue weighted by Gasteiger charge is -2.32. The molecule has 1 aliphatic heterocycles. The van der Waals surface area contributed by atoms with Crippen molar-refractivity contribution in [2.45, 2.75) is 39.2 Å². The van der Waals surface area contributed by atoms with E-state index in [9.17, 15) is 4.79 Å². The molecule has 0 unspecified atom stereocenters. The smallest absolute Gasteiger partial charge is 0.410 e. The van der Waals surface area contributed by atoms with Gasteiger partial charge in [-0.25, -0.2) is 19.4 Å². The standard InChI is InChI=1S/C23H29N7O3/c1-23(2,3)33-22(31)29-11-9-16(10-12-29)13-26-28-20-19-14-27-30(21(19)25-15-24-20)17-5-7-18(32-4)8-6-17/h5-8,13-16H,9-12H2,1-4H3,(H,24,25,28)/b26-13+. The van der Waals surface area contributed by atoms with Crippen molar-refractivity contribution in [3.8, 4) is 11.4 Å². The number of aromatic nitrogens is 4. The van der Waals surface area contributed by atoms with Crippen molar-refractivity contribution in [3.05, 3.63) is 36.8 Å². The molecule has 1 saturated heterocycles. The van der Waals surface area contributed by atoms with Gasteiger partial charge in [0.25, 0.3) is 0 Å². The molecule has 0 aliphatic carbocycles. The van der Waals surface area contributed by atoms with Crippen molar-refractivity contribution in [1.82, 2.24) is 24.6 Å². The van der Waals surface area contributed by atoms with Gasteiger partial charge in [0.05, 0.1) is 24.4 Å². The number of hydrazone groups is 1. The summed E-state index contributed by atoms with van der Waals surface area (Å²) in [6.07, 6.45) is 6.50. The normalized spacial score (nSPS) is 15.2. The van der Waals surface area contributed by atoms with E-state index in [0.717, 1.165) is 29.7 Å². The van der Waals surface area contributed by atoms with E-state index >= 15 is 0 Å². The molecule has 1 aromatic carbocycles. The van der Waals surface area contributed by atoms with Crippen LogP contribution in [0.15, 0.2) is 41.9 Å². The van der Waals surface area contributed by atoms with Crippen LogP contribution in [0.25, 0.3) is 16.7 Å². The first-order valence-corrected chi connectivity index (χ1v) is 10.9. The van der Waals surface area contributed by atoms with Crippen molar-refractivity contribution in [3.63, 3.8) is 0 Å². The molecule has 10 heteroatoms. The zero-order valence-corrected chi connectivity index (χ0v) is 19.4. The molecule has 4 rings (SSSR count). The van der Waals surface area contributed by atoms with E-state index < -0.39 is 5.60 Å². The third-order valence-electron chi connectivity index (χ3n) is 5.33. The number of hydrogen-bond acceptors (Lipinski definition) is 8. The highest BCUT2D eigenvalue weighted by atomic mass is 16.6. The number of rotatable bonds is 5. The molecular formula is C23H29N7O3. The number of carbonyl (C=O) groups excluding carboxylic acids is 1. The monoisotopic (exact) mass is 451 g/mol. The first-order valence-electron chi connectivity index (χ1n) is 10.9. The van der Waals surface area contributed by atoms with E-state index in [-0.39, 0.29) is 12.0 Å². The lowest BCUT2D eigenvalue weighted by atomic mass is 9.99. The summed E-state index contributed by atoms with van der Waals surface area (Å²) in [6.45, 7) is 6.93. The van der Waals surface area contributed by atoms with E-state index in [1.54, 1.807) is 22.9 Å². The zero-order chi connectivity index (χ0) is 23.4. The molecule has 0 spiro atoms. The lowest BCUT2D eigenvalue weighted by molar-refractivity contribution is 0.0203. The van der Waals surface area contributed by atoms with Crippen LogP contribution in [0.1, 0.15) is 33.6 Å². The molecule has 0 bridgehead atoms. The largest absolute Gasteiger partial charge is 0.497 e. The maximum absolute atomic E-state index is 12.2. The molecular weight excluding hydrogens is 422 g/mol. The number of hydrogen-bond donors (Lipinski definition) is 1. The van der Waals surface area contributed by atoms with Gasteiger partial charge in [0.1, 0.15) is 17.7 Å². The number of piperidine rings is 1. The van der Waals surface area contributed by atoms with Crippen molar-refractivity contribution in [1.29, 1.82) is 0 Å². The maximum Gasteiger partial charge on any atom is 0.410 e. The van der Waals surface area contributed by atoms with E-state index in [1.165, 1.54) is 6.33 Å². The third kappa shape index (κ3) is 5.39. The minimum absolute atomic E-state index is 0.256. The fraction of sp³-hybridized carbons (Fsp3) is 0.435. The minimum atomic E-state index is -0.483. The highest BCUT2D eigenvalue weighted by Gasteiger charge is 2.26. The van der Waals surface area contributed by atoms with Crippen LogP contribution in [-0.4, -0.2) is 62.8 Å². The van der Waals surface area contributed by atoms with Crippen LogP contribution < -0.4 is 10.2 Å². The second kappa shape index (κ2) is 9.43. The summed E-state index contributed by atoms with van der Waals surface area (Å²) in [5.74, 6) is 1.64. The molecule has 10 nitrogen and oxygen atoms in total. The van der Waals surface area contributed by atoms with E-state index in [0.29, 0.717) is 24.6 Å². The number of amides is 1. The predicted molar refractivity (Wildman–Crippen MR) is 126 cm³/mol. The quantitative estimate of drug-likeness (QED) is 0.463. The van der Waals surface area contributed by atoms with Gasteiger partial charge in [-0.15, -0.1) is 0 Å². The topological polar surface area (TPSA) is 107 Å². The van der Waals surface area contributed by atoms with Crippen LogP contribution in [0.2, 0.25) is 0 Å². The molecule has 2 aromatic heterocycles. The summed E-state index contributed by atoms with van der Waals surface area (Å²) in [5, 5.41) is 9.63. The first-order chi connectivity index (χ1) is 15.8.